The number of anilines is 1. The smallest absolute Gasteiger partial charge is 0.293 e. The number of hydrogen-bond donors (Lipinski definition) is 1. The van der Waals surface area contributed by atoms with E-state index in [1.54, 1.807) is 4.57 Å². The van der Waals surface area contributed by atoms with Gasteiger partial charge in [-0.05, 0) is 25.5 Å². The average Bonchev–Trinajstić information content (AvgIpc) is 2.95. The minimum absolute atomic E-state index is 0.0372. The van der Waals surface area contributed by atoms with Crippen molar-refractivity contribution in [3.63, 3.8) is 0 Å². The number of aromatic nitrogens is 2. The van der Waals surface area contributed by atoms with Gasteiger partial charge in [0.25, 0.3) is 5.56 Å². The number of hydrogen-bond acceptors (Lipinski definition) is 4. The van der Waals surface area contributed by atoms with Gasteiger partial charge in [0, 0.05) is 32.2 Å². The van der Waals surface area contributed by atoms with Gasteiger partial charge in [-0.2, -0.15) is 0 Å². The van der Waals surface area contributed by atoms with Crippen molar-refractivity contribution in [3.8, 4) is 0 Å². The minimum Gasteiger partial charge on any atom is -0.396 e. The van der Waals surface area contributed by atoms with Crippen molar-refractivity contribution < 1.29 is 5.11 Å². The lowest BCUT2D eigenvalue weighted by Crippen LogP contribution is -2.32. The molecule has 0 amide bonds. The average molecular weight is 273 g/mol. The highest BCUT2D eigenvalue weighted by molar-refractivity contribution is 5.76. The van der Waals surface area contributed by atoms with Gasteiger partial charge in [0.15, 0.2) is 5.82 Å². The Morgan fingerprint density at radius 3 is 2.90 bits per heavy atom. The van der Waals surface area contributed by atoms with Crippen molar-refractivity contribution in [1.82, 2.24) is 9.55 Å². The van der Waals surface area contributed by atoms with E-state index in [9.17, 15) is 9.90 Å². The molecule has 0 unspecified atom stereocenters. The predicted octanol–water partition coefficient (Wildman–Crippen LogP) is 1.23. The lowest BCUT2D eigenvalue weighted by molar-refractivity contribution is 0.238. The number of benzene rings is 1. The molecule has 0 aliphatic carbocycles. The number of rotatable bonds is 3. The Bertz CT molecular complexity index is 680. The first-order chi connectivity index (χ1) is 9.74. The molecule has 1 aliphatic heterocycles. The first kappa shape index (κ1) is 13.1. The fourth-order valence-corrected chi connectivity index (χ4v) is 2.87. The van der Waals surface area contributed by atoms with Gasteiger partial charge in [-0.15, -0.1) is 0 Å². The highest BCUT2D eigenvalue weighted by Crippen LogP contribution is 2.21. The molecule has 0 bridgehead atoms. The summed E-state index contributed by atoms with van der Waals surface area (Å²) in [5.74, 6) is 0.763. The van der Waals surface area contributed by atoms with Gasteiger partial charge in [0.05, 0.1) is 11.0 Å². The Hall–Kier alpha value is -1.88. The third-order valence-corrected chi connectivity index (χ3v) is 4.00. The van der Waals surface area contributed by atoms with Crippen molar-refractivity contribution in [2.75, 3.05) is 24.6 Å². The number of aryl methyl sites for hydroxylation is 1. The Morgan fingerprint density at radius 2 is 2.20 bits per heavy atom. The van der Waals surface area contributed by atoms with Crippen LogP contribution < -0.4 is 10.5 Å². The summed E-state index contributed by atoms with van der Waals surface area (Å²) in [4.78, 5) is 19.1. The summed E-state index contributed by atoms with van der Waals surface area (Å²) < 4.78 is 1.77. The van der Waals surface area contributed by atoms with Crippen LogP contribution in [0, 0.1) is 5.92 Å². The van der Waals surface area contributed by atoms with E-state index in [1.165, 1.54) is 0 Å². The zero-order valence-electron chi connectivity index (χ0n) is 11.6. The second-order valence-electron chi connectivity index (χ2n) is 5.26. The molecule has 1 saturated heterocycles. The molecular formula is C15H19N3O2. The van der Waals surface area contributed by atoms with Gasteiger partial charge >= 0.3 is 0 Å². The highest BCUT2D eigenvalue weighted by atomic mass is 16.3. The lowest BCUT2D eigenvalue weighted by atomic mass is 10.1. The number of para-hydroxylation sites is 2. The van der Waals surface area contributed by atoms with E-state index in [0.29, 0.717) is 18.9 Å². The molecule has 1 N–H and O–H groups in total. The topological polar surface area (TPSA) is 58.4 Å². The molecule has 2 aromatic rings. The number of fused-ring (bicyclic) bond motifs is 1. The van der Waals surface area contributed by atoms with Crippen LogP contribution >= 0.6 is 0 Å². The van der Waals surface area contributed by atoms with Gasteiger partial charge in [0.1, 0.15) is 0 Å². The molecule has 106 valence electrons. The molecule has 1 fully saturated rings. The number of aliphatic hydroxyl groups excluding tert-OH is 1. The molecule has 1 aromatic carbocycles. The van der Waals surface area contributed by atoms with E-state index in [2.05, 4.69) is 4.98 Å². The molecular weight excluding hydrogens is 254 g/mol. The fourth-order valence-electron chi connectivity index (χ4n) is 2.87. The third kappa shape index (κ3) is 2.08. The largest absolute Gasteiger partial charge is 0.396 e. The summed E-state index contributed by atoms with van der Waals surface area (Å²) in [6.07, 6.45) is 0.913. The second-order valence-corrected chi connectivity index (χ2v) is 5.26. The zero-order valence-corrected chi connectivity index (χ0v) is 11.6. The molecule has 5 heteroatoms. The SMILES string of the molecule is CCn1c(=O)c(N2CC[C@@H](CO)C2)nc2ccccc21. The van der Waals surface area contributed by atoms with Gasteiger partial charge < -0.3 is 14.6 Å². The fraction of sp³-hybridized carbons (Fsp3) is 0.467. The predicted molar refractivity (Wildman–Crippen MR) is 79.1 cm³/mol. The molecule has 1 aliphatic rings. The second kappa shape index (κ2) is 5.25. The van der Waals surface area contributed by atoms with E-state index in [-0.39, 0.29) is 18.1 Å². The summed E-state index contributed by atoms with van der Waals surface area (Å²) in [7, 11) is 0. The van der Waals surface area contributed by atoms with Crippen LogP contribution in [0.2, 0.25) is 0 Å². The van der Waals surface area contributed by atoms with E-state index >= 15 is 0 Å². The molecule has 0 saturated carbocycles. The summed E-state index contributed by atoms with van der Waals surface area (Å²) in [6, 6.07) is 7.72. The van der Waals surface area contributed by atoms with Gasteiger partial charge in [0.2, 0.25) is 0 Å². The van der Waals surface area contributed by atoms with Crippen LogP contribution in [-0.2, 0) is 6.54 Å². The lowest BCUT2D eigenvalue weighted by Gasteiger charge is -2.19. The molecule has 2 heterocycles. The van der Waals surface area contributed by atoms with Crippen LogP contribution in [0.15, 0.2) is 29.1 Å². The van der Waals surface area contributed by atoms with Crippen LogP contribution in [-0.4, -0.2) is 34.4 Å². The minimum atomic E-state index is -0.0372. The Labute approximate surface area is 117 Å². The van der Waals surface area contributed by atoms with Crippen LogP contribution in [0.5, 0.6) is 0 Å². The Morgan fingerprint density at radius 1 is 1.40 bits per heavy atom. The monoisotopic (exact) mass is 273 g/mol. The Balaban J connectivity index is 2.12. The van der Waals surface area contributed by atoms with Crippen LogP contribution in [0.1, 0.15) is 13.3 Å². The third-order valence-electron chi connectivity index (χ3n) is 4.00. The maximum atomic E-state index is 12.6. The van der Waals surface area contributed by atoms with Gasteiger partial charge in [-0.25, -0.2) is 4.98 Å². The molecule has 1 atom stereocenters. The Kier molecular flexibility index (Phi) is 3.44. The van der Waals surface area contributed by atoms with Crippen LogP contribution in [0.3, 0.4) is 0 Å². The van der Waals surface area contributed by atoms with Crippen LogP contribution in [0.4, 0.5) is 5.82 Å². The molecule has 3 rings (SSSR count). The molecule has 5 nitrogen and oxygen atoms in total. The summed E-state index contributed by atoms with van der Waals surface area (Å²) in [5, 5.41) is 9.24. The molecule has 1 aromatic heterocycles. The molecule has 0 spiro atoms. The van der Waals surface area contributed by atoms with E-state index < -0.39 is 0 Å². The maximum Gasteiger partial charge on any atom is 0.293 e. The standard InChI is InChI=1S/C15H19N3O2/c1-2-18-13-6-4-3-5-12(13)16-14(15(18)20)17-8-7-11(9-17)10-19/h3-6,11,19H,2,7-10H2,1H3/t11-/m1/s1. The van der Waals surface area contributed by atoms with Crippen molar-refractivity contribution in [1.29, 1.82) is 0 Å². The summed E-state index contributed by atoms with van der Waals surface area (Å²) in [6.45, 7) is 4.27. The van der Waals surface area contributed by atoms with E-state index in [1.807, 2.05) is 36.1 Å². The quantitative estimate of drug-likeness (QED) is 0.914. The first-order valence-electron chi connectivity index (χ1n) is 7.10. The molecule has 20 heavy (non-hydrogen) atoms. The van der Waals surface area contributed by atoms with Crippen molar-refractivity contribution in [2.45, 2.75) is 19.9 Å². The number of aliphatic hydroxyl groups is 1. The van der Waals surface area contributed by atoms with E-state index in [0.717, 1.165) is 24.0 Å². The van der Waals surface area contributed by atoms with Gasteiger partial charge in [-0.3, -0.25) is 4.79 Å². The maximum absolute atomic E-state index is 12.6. The highest BCUT2D eigenvalue weighted by Gasteiger charge is 2.25. The van der Waals surface area contributed by atoms with Gasteiger partial charge in [-0.1, -0.05) is 12.1 Å². The molecule has 0 radical (unpaired) electrons. The summed E-state index contributed by atoms with van der Waals surface area (Å²) in [5.41, 5.74) is 1.68. The van der Waals surface area contributed by atoms with Crippen molar-refractivity contribution in [2.24, 2.45) is 5.92 Å². The number of nitrogens with zero attached hydrogens (tertiary/aromatic N) is 3. The van der Waals surface area contributed by atoms with Crippen molar-refractivity contribution in [3.05, 3.63) is 34.6 Å². The van der Waals surface area contributed by atoms with Crippen molar-refractivity contribution >= 4 is 16.9 Å². The first-order valence-corrected chi connectivity index (χ1v) is 7.10. The zero-order chi connectivity index (χ0) is 14.1. The summed E-state index contributed by atoms with van der Waals surface area (Å²) >= 11 is 0. The van der Waals surface area contributed by atoms with E-state index in [4.69, 9.17) is 0 Å². The van der Waals surface area contributed by atoms with Crippen LogP contribution in [0.25, 0.3) is 11.0 Å². The normalized spacial score (nSPS) is 18.9.